The second-order valence-electron chi connectivity index (χ2n) is 8.53. The number of rotatable bonds is 8. The van der Waals surface area contributed by atoms with Crippen molar-refractivity contribution in [1.29, 1.82) is 0 Å². The normalized spacial score (nSPS) is 17.3. The molecule has 0 radical (unpaired) electrons. The van der Waals surface area contributed by atoms with Crippen LogP contribution in [0.3, 0.4) is 0 Å². The number of carbonyl (C=O) groups is 2. The number of nitrogens with zero attached hydrogens (tertiary/aromatic N) is 1. The summed E-state index contributed by atoms with van der Waals surface area (Å²) in [6, 6.07) is 8.45. The van der Waals surface area contributed by atoms with Crippen LogP contribution in [0, 0.1) is 5.92 Å². The molecule has 0 aromatic heterocycles. The molecule has 4 nitrogen and oxygen atoms in total. The predicted octanol–water partition coefficient (Wildman–Crippen LogP) is 0.308. The smallest absolute Gasteiger partial charge is 0.227 e. The Morgan fingerprint density at radius 3 is 2.26 bits per heavy atom. The summed E-state index contributed by atoms with van der Waals surface area (Å²) in [4.78, 5) is 23.8. The zero-order valence-corrected chi connectivity index (χ0v) is 19.4. The second kappa shape index (κ2) is 11.1. The summed E-state index contributed by atoms with van der Waals surface area (Å²) >= 11 is 0. The van der Waals surface area contributed by atoms with Crippen LogP contribution in [-0.2, 0) is 16.0 Å². The third-order valence-corrected chi connectivity index (χ3v) is 5.55. The highest BCUT2D eigenvalue weighted by atomic mass is 127. The summed E-state index contributed by atoms with van der Waals surface area (Å²) in [6.07, 6.45) is 3.43. The number of likely N-dealkylation sites (tertiary alicyclic amines) is 1. The maximum Gasteiger partial charge on any atom is 0.227 e. The van der Waals surface area contributed by atoms with Gasteiger partial charge >= 0.3 is 0 Å². The van der Waals surface area contributed by atoms with E-state index >= 15 is 0 Å². The Hall–Kier alpha value is -0.950. The van der Waals surface area contributed by atoms with Gasteiger partial charge in [-0.2, -0.15) is 0 Å². The highest BCUT2D eigenvalue weighted by molar-refractivity contribution is 5.83. The van der Waals surface area contributed by atoms with Crippen LogP contribution in [0.5, 0.6) is 0 Å². The first-order valence-corrected chi connectivity index (χ1v) is 10.0. The number of hydrogen-bond donors (Lipinski definition) is 1. The summed E-state index contributed by atoms with van der Waals surface area (Å²) in [6.45, 7) is 10.00. The van der Waals surface area contributed by atoms with E-state index in [0.717, 1.165) is 42.5 Å². The quantitative estimate of drug-likeness (QED) is 0.327. The molecule has 1 aliphatic rings. The molecule has 1 aliphatic heterocycles. The molecule has 0 spiro atoms. The van der Waals surface area contributed by atoms with Crippen LogP contribution < -0.4 is 29.3 Å². The average Bonchev–Trinajstić information content (AvgIpc) is 2.61. The third-order valence-electron chi connectivity index (χ3n) is 5.55. The van der Waals surface area contributed by atoms with Gasteiger partial charge in [-0.3, -0.25) is 9.59 Å². The molecule has 2 rings (SSSR count). The molecule has 0 saturated carbocycles. The van der Waals surface area contributed by atoms with Crippen LogP contribution in [0.4, 0.5) is 0 Å². The largest absolute Gasteiger partial charge is 1.00 e. The minimum atomic E-state index is -0.125. The van der Waals surface area contributed by atoms with Crippen molar-refractivity contribution in [1.82, 2.24) is 5.32 Å². The molecular weight excluding hydrogens is 451 g/mol. The molecule has 1 aromatic rings. The van der Waals surface area contributed by atoms with Crippen LogP contribution >= 0.6 is 0 Å². The molecule has 152 valence electrons. The molecule has 0 unspecified atom stereocenters. The van der Waals surface area contributed by atoms with Gasteiger partial charge in [0.2, 0.25) is 5.91 Å². The van der Waals surface area contributed by atoms with E-state index in [1.54, 1.807) is 0 Å². The van der Waals surface area contributed by atoms with E-state index < -0.39 is 0 Å². The predicted molar refractivity (Wildman–Crippen MR) is 106 cm³/mol. The number of Topliss-reactive ketones (excluding diaryl/α,β-unsaturated/α-hetero) is 1. The van der Waals surface area contributed by atoms with Gasteiger partial charge in [-0.1, -0.05) is 38.1 Å². The van der Waals surface area contributed by atoms with Crippen molar-refractivity contribution in [3.05, 3.63) is 35.4 Å². The number of amides is 1. The van der Waals surface area contributed by atoms with Gasteiger partial charge in [0.1, 0.15) is 5.78 Å². The van der Waals surface area contributed by atoms with Crippen molar-refractivity contribution >= 4 is 11.7 Å². The van der Waals surface area contributed by atoms with E-state index in [0.29, 0.717) is 31.1 Å². The van der Waals surface area contributed by atoms with Crippen LogP contribution in [0.15, 0.2) is 24.3 Å². The fourth-order valence-corrected chi connectivity index (χ4v) is 3.64. The first kappa shape index (κ1) is 24.1. The Morgan fingerprint density at radius 1 is 1.11 bits per heavy atom. The van der Waals surface area contributed by atoms with E-state index in [9.17, 15) is 9.59 Å². The molecule has 1 N–H and O–H groups in total. The van der Waals surface area contributed by atoms with Crippen molar-refractivity contribution in [2.45, 2.75) is 52.4 Å². The second-order valence-corrected chi connectivity index (χ2v) is 8.53. The molecule has 1 saturated heterocycles. The Morgan fingerprint density at radius 2 is 1.70 bits per heavy atom. The molecule has 1 aromatic carbocycles. The van der Waals surface area contributed by atoms with Crippen molar-refractivity contribution in [3.63, 3.8) is 0 Å². The Balaban J connectivity index is 0.00000364. The van der Waals surface area contributed by atoms with Crippen LogP contribution in [-0.4, -0.2) is 49.4 Å². The van der Waals surface area contributed by atoms with E-state index in [-0.39, 0.29) is 35.8 Å². The Labute approximate surface area is 181 Å². The van der Waals surface area contributed by atoms with E-state index in [4.69, 9.17) is 0 Å². The number of piperidine rings is 1. The summed E-state index contributed by atoms with van der Waals surface area (Å²) in [7, 11) is 2.22. The first-order chi connectivity index (χ1) is 12.3. The lowest BCUT2D eigenvalue weighted by atomic mass is 9.96. The summed E-state index contributed by atoms with van der Waals surface area (Å²) < 4.78 is 0.953. The number of nitrogens with one attached hydrogen (secondary N) is 1. The number of carbonyl (C=O) groups excluding carboxylic acids is 2. The number of benzene rings is 1. The lowest BCUT2D eigenvalue weighted by Gasteiger charge is -2.37. The monoisotopic (exact) mass is 486 g/mol. The minimum absolute atomic E-state index is 0. The SMILES string of the molecule is CC(C)Cc1ccc([C@@H](C)C(=O)NCCC[N+]2(C)CCC(=O)CC2)cc1.[I-]. The maximum absolute atomic E-state index is 12.4. The topological polar surface area (TPSA) is 46.2 Å². The van der Waals surface area contributed by atoms with Gasteiger partial charge in [-0.15, -0.1) is 0 Å². The molecule has 1 atom stereocenters. The third kappa shape index (κ3) is 7.90. The lowest BCUT2D eigenvalue weighted by Crippen LogP contribution is -3.00. The number of quaternary nitrogens is 1. The molecule has 0 aliphatic carbocycles. The van der Waals surface area contributed by atoms with Gasteiger partial charge in [0.25, 0.3) is 0 Å². The van der Waals surface area contributed by atoms with Crippen molar-refractivity contribution in [2.75, 3.05) is 33.2 Å². The van der Waals surface area contributed by atoms with E-state index in [1.165, 1.54) is 5.56 Å². The van der Waals surface area contributed by atoms with Crippen molar-refractivity contribution in [2.24, 2.45) is 5.92 Å². The van der Waals surface area contributed by atoms with Gasteiger partial charge in [-0.05, 0) is 30.4 Å². The van der Waals surface area contributed by atoms with Gasteiger partial charge in [0, 0.05) is 13.0 Å². The minimum Gasteiger partial charge on any atom is -1.00 e. The Bertz CT molecular complexity index is 603. The van der Waals surface area contributed by atoms with E-state index in [2.05, 4.69) is 50.5 Å². The van der Waals surface area contributed by atoms with Crippen LogP contribution in [0.1, 0.15) is 57.1 Å². The van der Waals surface area contributed by atoms with Crippen LogP contribution in [0.2, 0.25) is 0 Å². The average molecular weight is 486 g/mol. The molecule has 5 heteroatoms. The molecule has 0 bridgehead atoms. The van der Waals surface area contributed by atoms with Gasteiger partial charge in [0.05, 0.1) is 45.4 Å². The zero-order chi connectivity index (χ0) is 19.2. The first-order valence-electron chi connectivity index (χ1n) is 10.0. The lowest BCUT2D eigenvalue weighted by molar-refractivity contribution is -0.910. The fourth-order valence-electron chi connectivity index (χ4n) is 3.64. The molecule has 1 fully saturated rings. The molecular formula is C22H35IN2O2. The fraction of sp³-hybridized carbons (Fsp3) is 0.636. The number of hydrogen-bond acceptors (Lipinski definition) is 2. The summed E-state index contributed by atoms with van der Waals surface area (Å²) in [5.74, 6) is 1.00. The highest BCUT2D eigenvalue weighted by Gasteiger charge is 2.28. The summed E-state index contributed by atoms with van der Waals surface area (Å²) in [5, 5.41) is 3.08. The van der Waals surface area contributed by atoms with Gasteiger partial charge < -0.3 is 33.8 Å². The molecule has 27 heavy (non-hydrogen) atoms. The van der Waals surface area contributed by atoms with E-state index in [1.807, 2.05) is 6.92 Å². The highest BCUT2D eigenvalue weighted by Crippen LogP contribution is 2.18. The summed E-state index contributed by atoms with van der Waals surface area (Å²) in [5.41, 5.74) is 2.40. The van der Waals surface area contributed by atoms with Crippen molar-refractivity contribution < 1.29 is 38.0 Å². The maximum atomic E-state index is 12.4. The van der Waals surface area contributed by atoms with Gasteiger partial charge in [0.15, 0.2) is 0 Å². The zero-order valence-electron chi connectivity index (χ0n) is 17.3. The molecule has 1 heterocycles. The number of halogens is 1. The molecule has 1 amide bonds. The van der Waals surface area contributed by atoms with Gasteiger partial charge in [-0.25, -0.2) is 0 Å². The van der Waals surface area contributed by atoms with Crippen molar-refractivity contribution in [3.8, 4) is 0 Å². The van der Waals surface area contributed by atoms with Crippen LogP contribution in [0.25, 0.3) is 0 Å². The standard InChI is InChI=1S/C22H34N2O2.HI/c1-17(2)16-19-6-8-20(9-7-19)18(3)22(26)23-12-5-13-24(4)14-10-21(25)11-15-24;/h6-9,17-18H,5,10-16H2,1-4H3;1H/t18-;/m1./s1. The number of ketones is 1. The Kier molecular flexibility index (Phi) is 9.95.